The van der Waals surface area contributed by atoms with Crippen LogP contribution >= 0.6 is 61.1 Å². The van der Waals surface area contributed by atoms with Crippen molar-refractivity contribution in [3.8, 4) is 5.75 Å². The third-order valence-corrected chi connectivity index (χ3v) is 7.88. The van der Waals surface area contributed by atoms with E-state index in [1.807, 2.05) is 43.3 Å². The maximum Gasteiger partial charge on any atom is 0.282 e. The van der Waals surface area contributed by atoms with Crippen molar-refractivity contribution in [3.05, 3.63) is 112 Å². The maximum atomic E-state index is 13.1. The molecule has 0 aliphatic rings. The van der Waals surface area contributed by atoms with Gasteiger partial charge >= 0.3 is 0 Å². The molecule has 0 atom stereocenters. The summed E-state index contributed by atoms with van der Waals surface area (Å²) in [5.74, 6) is 1.45. The molecule has 1 heterocycles. The lowest BCUT2D eigenvalue weighted by molar-refractivity contribution is 0.303. The molecule has 0 saturated heterocycles. The Morgan fingerprint density at radius 2 is 1.75 bits per heavy atom. The fourth-order valence-electron chi connectivity index (χ4n) is 4.03. The number of fused-ring (bicyclic) bond motifs is 2. The number of rotatable bonds is 6. The number of benzene rings is 4. The molecule has 0 radical (unpaired) electrons. The van der Waals surface area contributed by atoms with E-state index in [-0.39, 0.29) is 5.56 Å². The van der Waals surface area contributed by atoms with Crippen molar-refractivity contribution in [2.24, 2.45) is 5.10 Å². The van der Waals surface area contributed by atoms with Gasteiger partial charge < -0.3 is 4.74 Å². The molecule has 0 N–H and O–H groups in total. The maximum absolute atomic E-state index is 13.1. The predicted octanol–water partition coefficient (Wildman–Crippen LogP) is 7.55. The van der Waals surface area contributed by atoms with Crippen LogP contribution in [0.5, 0.6) is 5.75 Å². The minimum Gasteiger partial charge on any atom is -0.487 e. The van der Waals surface area contributed by atoms with Crippen molar-refractivity contribution in [1.82, 2.24) is 9.66 Å². The van der Waals surface area contributed by atoms with E-state index in [1.165, 1.54) is 15.4 Å². The standard InChI is InChI=1S/C28H20BrI2N3O2/c1-2-26-33-25-11-10-20(29)14-22(25)28(35)34(26)32-15-17-12-23(30)27(24(31)13-17)36-16-19-8-5-7-18-6-3-4-9-21(18)19/h3-15H,2,16H2,1H3. The lowest BCUT2D eigenvalue weighted by Crippen LogP contribution is -2.22. The van der Waals surface area contributed by atoms with Gasteiger partial charge in [-0.2, -0.15) is 9.78 Å². The number of hydrogen-bond acceptors (Lipinski definition) is 4. The van der Waals surface area contributed by atoms with Crippen LogP contribution in [0.4, 0.5) is 0 Å². The van der Waals surface area contributed by atoms with Crippen LogP contribution in [0.25, 0.3) is 21.7 Å². The molecule has 0 spiro atoms. The first kappa shape index (κ1) is 25.3. The zero-order valence-electron chi connectivity index (χ0n) is 19.2. The Balaban J connectivity index is 1.43. The molecular formula is C28H20BrI2N3O2. The van der Waals surface area contributed by atoms with Gasteiger partial charge in [-0.25, -0.2) is 4.98 Å². The summed E-state index contributed by atoms with van der Waals surface area (Å²) in [6.07, 6.45) is 2.29. The summed E-state index contributed by atoms with van der Waals surface area (Å²) < 4.78 is 10.4. The number of ether oxygens (including phenoxy) is 1. The summed E-state index contributed by atoms with van der Waals surface area (Å²) >= 11 is 8.01. The van der Waals surface area contributed by atoms with Gasteiger partial charge in [-0.15, -0.1) is 0 Å². The molecule has 0 saturated carbocycles. The first-order chi connectivity index (χ1) is 17.4. The summed E-state index contributed by atoms with van der Waals surface area (Å²) in [5.41, 5.74) is 2.51. The van der Waals surface area contributed by atoms with E-state index in [4.69, 9.17) is 4.74 Å². The van der Waals surface area contributed by atoms with Crippen LogP contribution in [0.1, 0.15) is 23.9 Å². The van der Waals surface area contributed by atoms with E-state index in [0.29, 0.717) is 29.8 Å². The molecule has 1 aromatic heterocycles. The van der Waals surface area contributed by atoms with Crippen LogP contribution < -0.4 is 10.3 Å². The highest BCUT2D eigenvalue weighted by molar-refractivity contribution is 14.1. The van der Waals surface area contributed by atoms with Gasteiger partial charge in [0.2, 0.25) is 0 Å². The second-order valence-electron chi connectivity index (χ2n) is 8.15. The third-order valence-electron chi connectivity index (χ3n) is 5.79. The molecule has 5 aromatic rings. The molecule has 4 aromatic carbocycles. The number of nitrogens with zero attached hydrogens (tertiary/aromatic N) is 3. The monoisotopic (exact) mass is 763 g/mol. The average molecular weight is 764 g/mol. The number of halogens is 3. The summed E-state index contributed by atoms with van der Waals surface area (Å²) in [7, 11) is 0. The molecule has 0 aliphatic carbocycles. The molecule has 180 valence electrons. The Morgan fingerprint density at radius 3 is 2.53 bits per heavy atom. The molecule has 5 nitrogen and oxygen atoms in total. The van der Waals surface area contributed by atoms with E-state index in [1.54, 1.807) is 12.3 Å². The van der Waals surface area contributed by atoms with E-state index in [9.17, 15) is 4.79 Å². The van der Waals surface area contributed by atoms with E-state index in [2.05, 4.69) is 102 Å². The Labute approximate surface area is 244 Å². The fourth-order valence-corrected chi connectivity index (χ4v) is 6.52. The minimum absolute atomic E-state index is 0.186. The normalized spacial score (nSPS) is 11.6. The number of aromatic nitrogens is 2. The van der Waals surface area contributed by atoms with Crippen LogP contribution in [0, 0.1) is 7.14 Å². The van der Waals surface area contributed by atoms with Crippen LogP contribution in [0.3, 0.4) is 0 Å². The van der Waals surface area contributed by atoms with Crippen molar-refractivity contribution in [1.29, 1.82) is 0 Å². The molecular weight excluding hydrogens is 744 g/mol. The molecule has 8 heteroatoms. The van der Waals surface area contributed by atoms with Gasteiger partial charge in [0, 0.05) is 10.9 Å². The highest BCUT2D eigenvalue weighted by Gasteiger charge is 2.12. The van der Waals surface area contributed by atoms with Crippen LogP contribution in [-0.2, 0) is 13.0 Å². The van der Waals surface area contributed by atoms with Gasteiger partial charge in [-0.05, 0) is 97.4 Å². The zero-order valence-corrected chi connectivity index (χ0v) is 25.1. The van der Waals surface area contributed by atoms with Gasteiger partial charge in [-0.1, -0.05) is 65.3 Å². The topological polar surface area (TPSA) is 56.5 Å². The Hall–Kier alpha value is -2.31. The van der Waals surface area contributed by atoms with Crippen molar-refractivity contribution in [3.63, 3.8) is 0 Å². The van der Waals surface area contributed by atoms with Crippen molar-refractivity contribution >= 4 is 89.0 Å². The predicted molar refractivity (Wildman–Crippen MR) is 166 cm³/mol. The second-order valence-corrected chi connectivity index (χ2v) is 11.4. The van der Waals surface area contributed by atoms with Gasteiger partial charge in [-0.3, -0.25) is 4.79 Å². The van der Waals surface area contributed by atoms with Crippen molar-refractivity contribution in [2.75, 3.05) is 0 Å². The van der Waals surface area contributed by atoms with Crippen molar-refractivity contribution in [2.45, 2.75) is 20.0 Å². The smallest absolute Gasteiger partial charge is 0.282 e. The lowest BCUT2D eigenvalue weighted by atomic mass is 10.1. The average Bonchev–Trinajstić information content (AvgIpc) is 2.88. The molecule has 0 aliphatic heterocycles. The molecule has 0 amide bonds. The van der Waals surface area contributed by atoms with Gasteiger partial charge in [0.1, 0.15) is 18.2 Å². The fraction of sp³-hybridized carbons (Fsp3) is 0.107. The van der Waals surface area contributed by atoms with Crippen LogP contribution in [0.2, 0.25) is 0 Å². The van der Waals surface area contributed by atoms with E-state index < -0.39 is 0 Å². The molecule has 5 rings (SSSR count). The first-order valence-corrected chi connectivity index (χ1v) is 14.2. The van der Waals surface area contributed by atoms with Crippen LogP contribution in [0.15, 0.2) is 87.2 Å². The quantitative estimate of drug-likeness (QED) is 0.133. The summed E-state index contributed by atoms with van der Waals surface area (Å²) in [6, 6.07) is 24.1. The highest BCUT2D eigenvalue weighted by Crippen LogP contribution is 2.30. The first-order valence-electron chi connectivity index (χ1n) is 11.3. The number of hydrogen-bond donors (Lipinski definition) is 0. The van der Waals surface area contributed by atoms with Crippen LogP contribution in [-0.4, -0.2) is 15.9 Å². The van der Waals surface area contributed by atoms with Crippen molar-refractivity contribution < 1.29 is 4.74 Å². The third kappa shape index (κ3) is 5.21. The largest absolute Gasteiger partial charge is 0.487 e. The zero-order chi connectivity index (χ0) is 25.2. The highest BCUT2D eigenvalue weighted by atomic mass is 127. The summed E-state index contributed by atoms with van der Waals surface area (Å²) in [6.45, 7) is 2.45. The number of aryl methyl sites for hydroxylation is 1. The summed E-state index contributed by atoms with van der Waals surface area (Å²) in [5, 5.41) is 7.44. The molecule has 0 bridgehead atoms. The van der Waals surface area contributed by atoms with Gasteiger partial charge in [0.05, 0.1) is 24.3 Å². The van der Waals surface area contributed by atoms with Gasteiger partial charge in [0.15, 0.2) is 0 Å². The molecule has 0 unspecified atom stereocenters. The molecule has 36 heavy (non-hydrogen) atoms. The Morgan fingerprint density at radius 1 is 1.00 bits per heavy atom. The van der Waals surface area contributed by atoms with Gasteiger partial charge in [0.25, 0.3) is 5.56 Å². The SMILES string of the molecule is CCc1nc2ccc(Br)cc2c(=O)n1N=Cc1cc(I)c(OCc2cccc3ccccc23)c(I)c1. The summed E-state index contributed by atoms with van der Waals surface area (Å²) in [4.78, 5) is 17.8. The van der Waals surface area contributed by atoms with E-state index in [0.717, 1.165) is 28.5 Å². The molecule has 0 fully saturated rings. The Bertz CT molecular complexity index is 1670. The second kappa shape index (κ2) is 11.0. The lowest BCUT2D eigenvalue weighted by Gasteiger charge is -2.13. The Kier molecular flexibility index (Phi) is 7.73. The minimum atomic E-state index is -0.186. The van der Waals surface area contributed by atoms with E-state index >= 15 is 0 Å².